The van der Waals surface area contributed by atoms with Crippen LogP contribution in [0.3, 0.4) is 0 Å². The highest BCUT2D eigenvalue weighted by molar-refractivity contribution is 6.17. The van der Waals surface area contributed by atoms with Crippen molar-refractivity contribution in [3.8, 4) is 0 Å². The monoisotopic (exact) mass is 495 g/mol. The molecule has 4 heteroatoms. The molecule has 1 saturated heterocycles. The fourth-order valence-electron chi connectivity index (χ4n) is 6.14. The standard InChI is InChI=1S/C34H25NO3/c36-32-19-28(21-6-2-1-3-7-21)29(33-30(32)18-31(35-33)34(37)38)17-20-10-11-23-13-14-25-24-9-5-4-8-22(24)12-15-26(25)27(23)16-20/h1-16,19,30-31,35H,17-18H2,(H,37,38). The molecule has 7 rings (SSSR count). The summed E-state index contributed by atoms with van der Waals surface area (Å²) in [6, 6.07) is 32.9. The molecule has 2 aliphatic rings. The van der Waals surface area contributed by atoms with Crippen molar-refractivity contribution in [3.05, 3.63) is 126 Å². The highest BCUT2D eigenvalue weighted by atomic mass is 16.4. The fraction of sp³-hybridized carbons (Fsp3) is 0.118. The quantitative estimate of drug-likeness (QED) is 0.273. The lowest BCUT2D eigenvalue weighted by Crippen LogP contribution is -2.30. The summed E-state index contributed by atoms with van der Waals surface area (Å²) in [6.07, 6.45) is 2.59. The van der Waals surface area contributed by atoms with Gasteiger partial charge in [0.2, 0.25) is 0 Å². The third kappa shape index (κ3) is 3.60. The van der Waals surface area contributed by atoms with Gasteiger partial charge in [0.05, 0.1) is 5.92 Å². The van der Waals surface area contributed by atoms with E-state index in [9.17, 15) is 14.7 Å². The van der Waals surface area contributed by atoms with E-state index in [1.807, 2.05) is 30.3 Å². The first kappa shape index (κ1) is 22.5. The Hall–Kier alpha value is -4.70. The number of hydrogen-bond acceptors (Lipinski definition) is 3. The van der Waals surface area contributed by atoms with Gasteiger partial charge in [0, 0.05) is 5.70 Å². The second-order valence-corrected chi connectivity index (χ2v) is 10.2. The van der Waals surface area contributed by atoms with Gasteiger partial charge in [-0.2, -0.15) is 0 Å². The molecule has 2 atom stereocenters. The number of ketones is 1. The maximum atomic E-state index is 13.1. The summed E-state index contributed by atoms with van der Waals surface area (Å²) in [5.41, 5.74) is 4.70. The van der Waals surface area contributed by atoms with Crippen LogP contribution in [0.4, 0.5) is 0 Å². The molecule has 1 fully saturated rings. The van der Waals surface area contributed by atoms with Gasteiger partial charge in [0.1, 0.15) is 6.04 Å². The molecule has 2 N–H and O–H groups in total. The Labute approximate surface area is 219 Å². The van der Waals surface area contributed by atoms with E-state index in [0.717, 1.165) is 28.0 Å². The van der Waals surface area contributed by atoms with Crippen molar-refractivity contribution in [2.24, 2.45) is 5.92 Å². The van der Waals surface area contributed by atoms with Gasteiger partial charge in [-0.05, 0) is 73.5 Å². The number of carboxylic acid groups (broad SMARTS) is 1. The molecule has 0 aromatic heterocycles. The van der Waals surface area contributed by atoms with Crippen molar-refractivity contribution in [1.29, 1.82) is 0 Å². The molecule has 1 aliphatic carbocycles. The Bertz CT molecular complexity index is 1850. The zero-order chi connectivity index (χ0) is 25.8. The van der Waals surface area contributed by atoms with Crippen molar-refractivity contribution in [3.63, 3.8) is 0 Å². The molecular formula is C34H25NO3. The van der Waals surface area contributed by atoms with Gasteiger partial charge in [-0.15, -0.1) is 0 Å². The molecule has 0 spiro atoms. The minimum Gasteiger partial charge on any atom is -0.480 e. The SMILES string of the molecule is O=C(O)C1CC2C(=O)C=C(c3ccccc3)C(Cc3ccc4ccc5c6ccccc6ccc5c4c3)=C2N1. The van der Waals surface area contributed by atoms with E-state index in [1.165, 1.54) is 32.3 Å². The Morgan fingerprint density at radius 1 is 0.789 bits per heavy atom. The number of carbonyl (C=O) groups excluding carboxylic acids is 1. The maximum Gasteiger partial charge on any atom is 0.326 e. The number of carboxylic acids is 1. The van der Waals surface area contributed by atoms with Crippen LogP contribution in [0.15, 0.2) is 114 Å². The molecule has 2 unspecified atom stereocenters. The van der Waals surface area contributed by atoms with Crippen LogP contribution in [0.2, 0.25) is 0 Å². The lowest BCUT2D eigenvalue weighted by atomic mass is 9.80. The van der Waals surface area contributed by atoms with Crippen molar-refractivity contribution < 1.29 is 14.7 Å². The average molecular weight is 496 g/mol. The number of hydrogen-bond donors (Lipinski definition) is 2. The maximum absolute atomic E-state index is 13.1. The summed E-state index contributed by atoms with van der Waals surface area (Å²) in [7, 11) is 0. The molecular weight excluding hydrogens is 470 g/mol. The number of nitrogens with one attached hydrogen (secondary N) is 1. The molecule has 0 saturated carbocycles. The van der Waals surface area contributed by atoms with E-state index in [4.69, 9.17) is 0 Å². The summed E-state index contributed by atoms with van der Waals surface area (Å²) in [5, 5.41) is 20.1. The van der Waals surface area contributed by atoms with Crippen LogP contribution in [0, 0.1) is 5.92 Å². The number of aliphatic carboxylic acids is 1. The van der Waals surface area contributed by atoms with Gasteiger partial charge in [-0.3, -0.25) is 4.79 Å². The van der Waals surface area contributed by atoms with Crippen LogP contribution in [0.5, 0.6) is 0 Å². The molecule has 38 heavy (non-hydrogen) atoms. The molecule has 4 nitrogen and oxygen atoms in total. The Balaban J connectivity index is 1.38. The predicted molar refractivity (Wildman–Crippen MR) is 152 cm³/mol. The summed E-state index contributed by atoms with van der Waals surface area (Å²) in [5.74, 6) is -1.40. The molecule has 5 aromatic rings. The van der Waals surface area contributed by atoms with Gasteiger partial charge in [-0.25, -0.2) is 4.79 Å². The molecule has 184 valence electrons. The first-order valence-corrected chi connectivity index (χ1v) is 12.9. The summed E-state index contributed by atoms with van der Waals surface area (Å²) < 4.78 is 0. The van der Waals surface area contributed by atoms with E-state index in [1.54, 1.807) is 6.08 Å². The van der Waals surface area contributed by atoms with Crippen LogP contribution in [-0.2, 0) is 16.0 Å². The van der Waals surface area contributed by atoms with Crippen molar-refractivity contribution in [2.75, 3.05) is 0 Å². The molecule has 0 amide bonds. The molecule has 5 aromatic carbocycles. The summed E-state index contributed by atoms with van der Waals surface area (Å²) >= 11 is 0. The Morgan fingerprint density at radius 2 is 1.47 bits per heavy atom. The van der Waals surface area contributed by atoms with Crippen molar-refractivity contribution in [2.45, 2.75) is 18.9 Å². The topological polar surface area (TPSA) is 66.4 Å². The molecule has 0 radical (unpaired) electrons. The van der Waals surface area contributed by atoms with Crippen LogP contribution in [0.1, 0.15) is 17.5 Å². The second kappa shape index (κ2) is 8.70. The normalized spacial score (nSPS) is 19.1. The number of carbonyl (C=O) groups is 2. The van der Waals surface area contributed by atoms with E-state index in [-0.39, 0.29) is 12.2 Å². The predicted octanol–water partition coefficient (Wildman–Crippen LogP) is 6.67. The zero-order valence-electron chi connectivity index (χ0n) is 20.6. The van der Waals surface area contributed by atoms with Gasteiger partial charge < -0.3 is 10.4 Å². The van der Waals surface area contributed by atoms with Gasteiger partial charge in [0.25, 0.3) is 0 Å². The summed E-state index contributed by atoms with van der Waals surface area (Å²) in [6.45, 7) is 0. The van der Waals surface area contributed by atoms with E-state index < -0.39 is 17.9 Å². The lowest BCUT2D eigenvalue weighted by molar-refractivity contribution is -0.139. The number of rotatable bonds is 4. The van der Waals surface area contributed by atoms with Gasteiger partial charge >= 0.3 is 5.97 Å². The number of allylic oxidation sites excluding steroid dienone is 4. The van der Waals surface area contributed by atoms with E-state index in [2.05, 4.69) is 72.0 Å². The third-order valence-corrected chi connectivity index (χ3v) is 8.00. The molecule has 1 heterocycles. The first-order valence-electron chi connectivity index (χ1n) is 12.9. The lowest BCUT2D eigenvalue weighted by Gasteiger charge is -2.24. The Morgan fingerprint density at radius 3 is 2.26 bits per heavy atom. The van der Waals surface area contributed by atoms with Crippen LogP contribution < -0.4 is 5.32 Å². The van der Waals surface area contributed by atoms with Crippen molar-refractivity contribution in [1.82, 2.24) is 5.32 Å². The zero-order valence-corrected chi connectivity index (χ0v) is 20.6. The van der Waals surface area contributed by atoms with Crippen molar-refractivity contribution >= 4 is 49.6 Å². The minimum absolute atomic E-state index is 0.0322. The molecule has 1 aliphatic heterocycles. The van der Waals surface area contributed by atoms with Gasteiger partial charge in [-0.1, -0.05) is 97.1 Å². The average Bonchev–Trinajstić information content (AvgIpc) is 3.41. The second-order valence-electron chi connectivity index (χ2n) is 10.2. The number of fused-ring (bicyclic) bond motifs is 6. The highest BCUT2D eigenvalue weighted by Gasteiger charge is 2.41. The third-order valence-electron chi connectivity index (χ3n) is 8.00. The molecule has 0 bridgehead atoms. The van der Waals surface area contributed by atoms with Gasteiger partial charge in [0.15, 0.2) is 5.78 Å². The largest absolute Gasteiger partial charge is 0.480 e. The van der Waals surface area contributed by atoms with E-state index >= 15 is 0 Å². The number of benzene rings is 5. The van der Waals surface area contributed by atoms with Crippen LogP contribution in [0.25, 0.3) is 37.9 Å². The Kier molecular flexibility index (Phi) is 5.15. The highest BCUT2D eigenvalue weighted by Crippen LogP contribution is 2.40. The van der Waals surface area contributed by atoms with Crippen LogP contribution in [-0.4, -0.2) is 22.9 Å². The smallest absolute Gasteiger partial charge is 0.326 e. The summed E-state index contributed by atoms with van der Waals surface area (Å²) in [4.78, 5) is 24.9. The fourth-order valence-corrected chi connectivity index (χ4v) is 6.14. The van der Waals surface area contributed by atoms with E-state index in [0.29, 0.717) is 6.42 Å². The first-order chi connectivity index (χ1) is 18.6. The minimum atomic E-state index is -0.926. The van der Waals surface area contributed by atoms with Crippen LogP contribution >= 0.6 is 0 Å².